The quantitative estimate of drug-likeness (QED) is 0.605. The molecule has 3 heteroatoms. The van der Waals surface area contributed by atoms with Crippen molar-refractivity contribution < 1.29 is 9.28 Å². The Labute approximate surface area is 149 Å². The minimum atomic E-state index is -2.35. The Bertz CT molecular complexity index is 494. The van der Waals surface area contributed by atoms with Crippen molar-refractivity contribution in [2.24, 2.45) is 0 Å². The molecule has 1 saturated heterocycles. The van der Waals surface area contributed by atoms with Gasteiger partial charge in [0.25, 0.3) is 0 Å². The van der Waals surface area contributed by atoms with Crippen LogP contribution in [0, 0.1) is 0 Å². The predicted molar refractivity (Wildman–Crippen MR) is 105 cm³/mol. The lowest BCUT2D eigenvalue weighted by molar-refractivity contribution is -0.914. The highest BCUT2D eigenvalue weighted by atomic mass is 28.4. The van der Waals surface area contributed by atoms with E-state index in [0.29, 0.717) is 5.54 Å². The molecule has 2 aliphatic rings. The number of benzene rings is 1. The Morgan fingerprint density at radius 1 is 0.958 bits per heavy atom. The number of hydrogen-bond acceptors (Lipinski definition) is 1. The van der Waals surface area contributed by atoms with Crippen LogP contribution < -0.4 is 5.19 Å². The van der Waals surface area contributed by atoms with Gasteiger partial charge in [-0.25, -0.2) is 0 Å². The average molecular weight is 347 g/mol. The smallest absolute Gasteiger partial charge is 0.223 e. The number of piperidine rings is 1. The van der Waals surface area contributed by atoms with Crippen LogP contribution in [0.5, 0.6) is 0 Å². The molecular formula is C21H36NOSi+. The summed E-state index contributed by atoms with van der Waals surface area (Å²) in [5.74, 6) is 0. The number of rotatable bonds is 6. The molecule has 1 saturated carbocycles. The van der Waals surface area contributed by atoms with Crippen molar-refractivity contribution in [3.8, 4) is 0 Å². The molecule has 1 N–H and O–H groups in total. The van der Waals surface area contributed by atoms with Gasteiger partial charge in [0, 0.05) is 0 Å². The Morgan fingerprint density at radius 3 is 2.25 bits per heavy atom. The number of hydrogen-bond donors (Lipinski definition) is 1. The van der Waals surface area contributed by atoms with Gasteiger partial charge in [-0.05, 0) is 42.5 Å². The average Bonchev–Trinajstić information content (AvgIpc) is 2.63. The van der Waals surface area contributed by atoms with Gasteiger partial charge in [0.1, 0.15) is 0 Å². The second-order valence-electron chi connectivity index (χ2n) is 8.58. The van der Waals surface area contributed by atoms with Gasteiger partial charge in [-0.1, -0.05) is 62.4 Å². The summed E-state index contributed by atoms with van der Waals surface area (Å²) >= 11 is 0. The van der Waals surface area contributed by atoms with E-state index in [4.69, 9.17) is 0 Å². The van der Waals surface area contributed by atoms with Gasteiger partial charge < -0.3 is 9.28 Å². The highest BCUT2D eigenvalue weighted by Gasteiger charge is 2.42. The van der Waals surface area contributed by atoms with Crippen LogP contribution in [-0.2, 0) is 0 Å². The molecule has 0 spiro atoms. The van der Waals surface area contributed by atoms with Crippen molar-refractivity contribution >= 4 is 13.5 Å². The van der Waals surface area contributed by atoms with Crippen LogP contribution in [0.4, 0.5) is 0 Å². The first-order chi connectivity index (χ1) is 11.6. The third kappa shape index (κ3) is 4.30. The molecule has 2 nitrogen and oxygen atoms in total. The fourth-order valence-electron chi connectivity index (χ4n) is 5.12. The molecule has 3 rings (SSSR count). The Hall–Kier alpha value is -0.643. The summed E-state index contributed by atoms with van der Waals surface area (Å²) in [4.78, 5) is 11.9. The molecule has 0 bridgehead atoms. The van der Waals surface area contributed by atoms with Gasteiger partial charge in [0.2, 0.25) is 8.32 Å². The standard InChI is InChI=1S/C21H36NOSi/c1-22(16-9-4-10-17-22)18-11-19-24(23,20-12-5-2-6-13-20)21-14-7-3-8-15-21/h2,5-6,12-13,21,23H,3-4,7-11,14-19H2,1H3/q+1. The van der Waals surface area contributed by atoms with Gasteiger partial charge in [0.05, 0.1) is 26.7 Å². The molecule has 1 aromatic rings. The van der Waals surface area contributed by atoms with Gasteiger partial charge in [0.15, 0.2) is 0 Å². The number of likely N-dealkylation sites (tertiary alicyclic amines) is 1. The van der Waals surface area contributed by atoms with Crippen LogP contribution in [0.25, 0.3) is 0 Å². The summed E-state index contributed by atoms with van der Waals surface area (Å²) in [6, 6.07) is 11.8. The molecule has 0 aromatic heterocycles. The van der Waals surface area contributed by atoms with Crippen molar-refractivity contribution in [2.45, 2.75) is 69.4 Å². The van der Waals surface area contributed by atoms with E-state index < -0.39 is 8.32 Å². The van der Waals surface area contributed by atoms with Crippen LogP contribution in [0.3, 0.4) is 0 Å². The van der Waals surface area contributed by atoms with Crippen LogP contribution in [-0.4, -0.2) is 44.3 Å². The summed E-state index contributed by atoms with van der Waals surface area (Å²) in [6.07, 6.45) is 11.9. The maximum absolute atomic E-state index is 11.9. The van der Waals surface area contributed by atoms with Crippen molar-refractivity contribution in [2.75, 3.05) is 26.7 Å². The van der Waals surface area contributed by atoms with Crippen molar-refractivity contribution in [1.82, 2.24) is 0 Å². The maximum Gasteiger partial charge on any atom is 0.223 e. The zero-order chi connectivity index (χ0) is 16.9. The number of quaternary nitrogens is 1. The summed E-state index contributed by atoms with van der Waals surface area (Å²) in [7, 11) is 0.0813. The first-order valence-corrected chi connectivity index (χ1v) is 12.5. The van der Waals surface area contributed by atoms with Crippen molar-refractivity contribution in [3.05, 3.63) is 30.3 Å². The van der Waals surface area contributed by atoms with E-state index in [2.05, 4.69) is 37.4 Å². The molecular weight excluding hydrogens is 310 g/mol. The zero-order valence-electron chi connectivity index (χ0n) is 15.6. The van der Waals surface area contributed by atoms with E-state index in [9.17, 15) is 4.80 Å². The molecule has 0 radical (unpaired) electrons. The highest BCUT2D eigenvalue weighted by molar-refractivity contribution is 6.86. The van der Waals surface area contributed by atoms with Gasteiger partial charge in [-0.3, -0.25) is 0 Å². The van der Waals surface area contributed by atoms with E-state index in [1.807, 2.05) is 0 Å². The Balaban J connectivity index is 1.68. The molecule has 2 fully saturated rings. The topological polar surface area (TPSA) is 20.2 Å². The van der Waals surface area contributed by atoms with E-state index >= 15 is 0 Å². The minimum absolute atomic E-state index is 0.584. The fourth-order valence-corrected chi connectivity index (χ4v) is 9.12. The monoisotopic (exact) mass is 346 g/mol. The van der Waals surface area contributed by atoms with Gasteiger partial charge >= 0.3 is 0 Å². The van der Waals surface area contributed by atoms with Gasteiger partial charge in [-0.2, -0.15) is 0 Å². The molecule has 134 valence electrons. The lowest BCUT2D eigenvalue weighted by Gasteiger charge is -2.40. The largest absolute Gasteiger partial charge is 0.427 e. The predicted octanol–water partition coefficient (Wildman–Crippen LogP) is 4.19. The maximum atomic E-state index is 11.9. The molecule has 1 aliphatic carbocycles. The third-order valence-electron chi connectivity index (χ3n) is 6.71. The Kier molecular flexibility index (Phi) is 6.17. The molecule has 1 heterocycles. The summed E-state index contributed by atoms with van der Waals surface area (Å²) in [5.41, 5.74) is 0.584. The van der Waals surface area contributed by atoms with Gasteiger partial charge in [-0.15, -0.1) is 0 Å². The fraction of sp³-hybridized carbons (Fsp3) is 0.714. The normalized spacial score (nSPS) is 24.4. The van der Waals surface area contributed by atoms with Crippen molar-refractivity contribution in [3.63, 3.8) is 0 Å². The van der Waals surface area contributed by atoms with Crippen LogP contribution in [0.1, 0.15) is 57.8 Å². The van der Waals surface area contributed by atoms with E-state index in [-0.39, 0.29) is 0 Å². The zero-order valence-corrected chi connectivity index (χ0v) is 16.6. The third-order valence-corrected chi connectivity index (χ3v) is 11.1. The highest BCUT2D eigenvalue weighted by Crippen LogP contribution is 2.38. The molecule has 24 heavy (non-hydrogen) atoms. The van der Waals surface area contributed by atoms with Crippen molar-refractivity contribution in [1.29, 1.82) is 0 Å². The molecule has 1 aliphatic heterocycles. The SMILES string of the molecule is C[N+]1(CCC[Si](O)(c2ccccc2)C2CCCCC2)CCCCC1. The summed E-state index contributed by atoms with van der Waals surface area (Å²) in [5, 5.41) is 1.29. The van der Waals surface area contributed by atoms with E-state index in [1.54, 1.807) is 0 Å². The molecule has 1 aromatic carbocycles. The van der Waals surface area contributed by atoms with Crippen LogP contribution >= 0.6 is 0 Å². The summed E-state index contributed by atoms with van der Waals surface area (Å²) in [6.45, 7) is 3.94. The summed E-state index contributed by atoms with van der Waals surface area (Å²) < 4.78 is 1.24. The van der Waals surface area contributed by atoms with Crippen LogP contribution in [0.15, 0.2) is 30.3 Å². The Morgan fingerprint density at radius 2 is 1.58 bits per heavy atom. The second kappa shape index (κ2) is 8.16. The molecule has 1 unspecified atom stereocenters. The second-order valence-corrected chi connectivity index (χ2v) is 12.3. The first kappa shape index (κ1) is 18.2. The van der Waals surface area contributed by atoms with E-state index in [0.717, 1.165) is 6.04 Å². The molecule has 1 atom stereocenters. The molecule has 0 amide bonds. The minimum Gasteiger partial charge on any atom is -0.427 e. The van der Waals surface area contributed by atoms with E-state index in [1.165, 1.54) is 87.1 Å². The number of nitrogens with zero attached hydrogens (tertiary/aromatic N) is 1. The van der Waals surface area contributed by atoms with Crippen LogP contribution in [0.2, 0.25) is 11.6 Å². The first-order valence-electron chi connectivity index (χ1n) is 10.2. The lowest BCUT2D eigenvalue weighted by atomic mass is 10.0. The lowest BCUT2D eigenvalue weighted by Crippen LogP contribution is -2.54.